The zero-order valence-corrected chi connectivity index (χ0v) is 12.8. The highest BCUT2D eigenvalue weighted by molar-refractivity contribution is 5.76. The van der Waals surface area contributed by atoms with Crippen LogP contribution in [0.25, 0.3) is 0 Å². The van der Waals surface area contributed by atoms with Gasteiger partial charge < -0.3 is 18.9 Å². The Hall–Kier alpha value is -1.87. The molecule has 3 heterocycles. The molecule has 24 heavy (non-hydrogen) atoms. The molecule has 2 aliphatic rings. The molecule has 0 atom stereocenters. The van der Waals surface area contributed by atoms with Crippen LogP contribution >= 0.6 is 0 Å². The second kappa shape index (κ2) is 6.21. The number of amides is 1. The molecule has 0 saturated carbocycles. The van der Waals surface area contributed by atoms with Crippen molar-refractivity contribution in [2.75, 3.05) is 26.3 Å². The van der Waals surface area contributed by atoms with E-state index in [1.165, 1.54) is 4.90 Å². The summed E-state index contributed by atoms with van der Waals surface area (Å²) in [5.74, 6) is -1.03. The van der Waals surface area contributed by atoms with Crippen LogP contribution in [0.3, 0.4) is 0 Å². The zero-order chi connectivity index (χ0) is 17.4. The number of ether oxygens (including phenoxy) is 2. The molecule has 2 fully saturated rings. The molecular weight excluding hydrogens is 329 g/mol. The van der Waals surface area contributed by atoms with Gasteiger partial charge in [-0.25, -0.2) is 0 Å². The molecule has 0 aliphatic carbocycles. The summed E-state index contributed by atoms with van der Waals surface area (Å²) in [5.41, 5.74) is -1.60. The molecule has 132 valence electrons. The largest absolute Gasteiger partial charge is 0.417 e. The molecule has 6 nitrogen and oxygen atoms in total. The number of likely N-dealkylation sites (tertiary alicyclic amines) is 1. The van der Waals surface area contributed by atoms with Gasteiger partial charge in [0.25, 0.3) is 5.56 Å². The Morgan fingerprint density at radius 1 is 1.17 bits per heavy atom. The second-order valence-electron chi connectivity index (χ2n) is 5.87. The minimum atomic E-state index is -4.56. The molecule has 1 amide bonds. The third kappa shape index (κ3) is 3.46. The van der Waals surface area contributed by atoms with Gasteiger partial charge in [-0.05, 0) is 6.07 Å². The second-order valence-corrected chi connectivity index (χ2v) is 5.87. The summed E-state index contributed by atoms with van der Waals surface area (Å²) >= 11 is 0. The van der Waals surface area contributed by atoms with Gasteiger partial charge in [0.05, 0.1) is 18.8 Å². The first-order valence-corrected chi connectivity index (χ1v) is 7.62. The average molecular weight is 346 g/mol. The van der Waals surface area contributed by atoms with Gasteiger partial charge in [0.15, 0.2) is 5.79 Å². The van der Waals surface area contributed by atoms with Gasteiger partial charge in [-0.3, -0.25) is 9.59 Å². The van der Waals surface area contributed by atoms with E-state index in [0.29, 0.717) is 51.4 Å². The highest BCUT2D eigenvalue weighted by atomic mass is 19.4. The van der Waals surface area contributed by atoms with Crippen LogP contribution in [-0.2, 0) is 27.0 Å². The number of halogens is 3. The number of aromatic nitrogens is 1. The first-order valence-electron chi connectivity index (χ1n) is 7.62. The molecule has 2 aliphatic heterocycles. The summed E-state index contributed by atoms with van der Waals surface area (Å²) in [4.78, 5) is 25.5. The van der Waals surface area contributed by atoms with Gasteiger partial charge in [0.1, 0.15) is 6.54 Å². The summed E-state index contributed by atoms with van der Waals surface area (Å²) in [6, 6.07) is 1.53. The lowest BCUT2D eigenvalue weighted by Gasteiger charge is -2.37. The fraction of sp³-hybridized carbons (Fsp3) is 0.600. The lowest BCUT2D eigenvalue weighted by Crippen LogP contribution is -2.48. The molecule has 0 radical (unpaired) electrons. The molecule has 3 rings (SSSR count). The van der Waals surface area contributed by atoms with E-state index in [1.807, 2.05) is 0 Å². The Bertz CT molecular complexity index is 670. The number of alkyl halides is 3. The van der Waals surface area contributed by atoms with E-state index < -0.39 is 35.5 Å². The van der Waals surface area contributed by atoms with Crippen molar-refractivity contribution in [2.45, 2.75) is 31.3 Å². The third-order valence-corrected chi connectivity index (χ3v) is 4.31. The Morgan fingerprint density at radius 3 is 2.38 bits per heavy atom. The van der Waals surface area contributed by atoms with Crippen LogP contribution in [0.15, 0.2) is 23.1 Å². The molecular formula is C15H17F3N2O4. The van der Waals surface area contributed by atoms with Crippen molar-refractivity contribution >= 4 is 5.91 Å². The van der Waals surface area contributed by atoms with Crippen LogP contribution in [0.1, 0.15) is 18.4 Å². The minimum absolute atomic E-state index is 0.381. The number of hydrogen-bond acceptors (Lipinski definition) is 4. The van der Waals surface area contributed by atoms with Crippen molar-refractivity contribution in [3.05, 3.63) is 34.2 Å². The van der Waals surface area contributed by atoms with Crippen molar-refractivity contribution in [3.63, 3.8) is 0 Å². The predicted octanol–water partition coefficient (Wildman–Crippen LogP) is 1.23. The molecule has 1 aromatic rings. The molecule has 9 heteroatoms. The topological polar surface area (TPSA) is 60.8 Å². The maximum atomic E-state index is 12.7. The quantitative estimate of drug-likeness (QED) is 0.808. The van der Waals surface area contributed by atoms with Gasteiger partial charge >= 0.3 is 6.18 Å². The number of carbonyl (C=O) groups is 1. The Kier molecular flexibility index (Phi) is 4.39. The molecule has 1 spiro atoms. The van der Waals surface area contributed by atoms with Crippen molar-refractivity contribution in [1.82, 2.24) is 9.47 Å². The molecule has 0 N–H and O–H groups in total. The summed E-state index contributed by atoms with van der Waals surface area (Å²) in [5, 5.41) is 0. The first-order chi connectivity index (χ1) is 11.3. The number of piperidine rings is 1. The molecule has 0 aromatic carbocycles. The maximum Gasteiger partial charge on any atom is 0.417 e. The lowest BCUT2D eigenvalue weighted by molar-refractivity contribution is -0.187. The number of pyridine rings is 1. The number of nitrogens with zero attached hydrogens (tertiary/aromatic N) is 2. The standard InChI is InChI=1S/C15H17F3N2O4/c16-15(17,18)11-1-2-12(21)20(9-11)10-13(22)19-5-3-14(4-6-19)23-7-8-24-14/h1-2,9H,3-8,10H2. The van der Waals surface area contributed by atoms with E-state index in [9.17, 15) is 22.8 Å². The summed E-state index contributed by atoms with van der Waals surface area (Å²) in [7, 11) is 0. The van der Waals surface area contributed by atoms with E-state index in [-0.39, 0.29) is 0 Å². The van der Waals surface area contributed by atoms with Crippen LogP contribution in [0.2, 0.25) is 0 Å². The van der Waals surface area contributed by atoms with Crippen LogP contribution in [0.5, 0.6) is 0 Å². The highest BCUT2D eigenvalue weighted by Gasteiger charge is 2.40. The Morgan fingerprint density at radius 2 is 1.79 bits per heavy atom. The van der Waals surface area contributed by atoms with E-state index in [0.717, 1.165) is 10.6 Å². The lowest BCUT2D eigenvalue weighted by atomic mass is 10.0. The smallest absolute Gasteiger partial charge is 0.347 e. The molecule has 2 saturated heterocycles. The van der Waals surface area contributed by atoms with Crippen molar-refractivity contribution < 1.29 is 27.4 Å². The van der Waals surface area contributed by atoms with E-state index in [1.54, 1.807) is 0 Å². The van der Waals surface area contributed by atoms with E-state index in [4.69, 9.17) is 9.47 Å². The molecule has 1 aromatic heterocycles. The monoisotopic (exact) mass is 346 g/mol. The van der Waals surface area contributed by atoms with E-state index in [2.05, 4.69) is 0 Å². The zero-order valence-electron chi connectivity index (χ0n) is 12.8. The van der Waals surface area contributed by atoms with Crippen molar-refractivity contribution in [3.8, 4) is 0 Å². The van der Waals surface area contributed by atoms with Gasteiger partial charge in [-0.1, -0.05) is 0 Å². The van der Waals surface area contributed by atoms with Crippen molar-refractivity contribution in [1.29, 1.82) is 0 Å². The Balaban J connectivity index is 1.66. The van der Waals surface area contributed by atoms with Crippen LogP contribution < -0.4 is 5.56 Å². The molecule has 0 unspecified atom stereocenters. The van der Waals surface area contributed by atoms with Gasteiger partial charge in [0, 0.05) is 38.2 Å². The fourth-order valence-corrected chi connectivity index (χ4v) is 2.95. The fourth-order valence-electron chi connectivity index (χ4n) is 2.95. The number of carbonyl (C=O) groups excluding carboxylic acids is 1. The third-order valence-electron chi connectivity index (χ3n) is 4.31. The van der Waals surface area contributed by atoms with Crippen LogP contribution in [-0.4, -0.2) is 47.5 Å². The summed E-state index contributed by atoms with van der Waals surface area (Å²) < 4.78 is 50.1. The van der Waals surface area contributed by atoms with Crippen LogP contribution in [0, 0.1) is 0 Å². The minimum Gasteiger partial charge on any atom is -0.347 e. The van der Waals surface area contributed by atoms with Gasteiger partial charge in [-0.2, -0.15) is 13.2 Å². The van der Waals surface area contributed by atoms with Gasteiger partial charge in [0.2, 0.25) is 5.91 Å². The predicted molar refractivity (Wildman–Crippen MR) is 76.2 cm³/mol. The van der Waals surface area contributed by atoms with E-state index >= 15 is 0 Å². The first kappa shape index (κ1) is 17.0. The highest BCUT2D eigenvalue weighted by Crippen LogP contribution is 2.31. The summed E-state index contributed by atoms with van der Waals surface area (Å²) in [6.07, 6.45) is -2.87. The summed E-state index contributed by atoms with van der Waals surface area (Å²) in [6.45, 7) is 1.39. The Labute approximate surface area is 135 Å². The normalized spacial score (nSPS) is 20.5. The number of hydrogen-bond donors (Lipinski definition) is 0. The average Bonchev–Trinajstić information content (AvgIpc) is 2.97. The SMILES string of the molecule is O=C(Cn1cc(C(F)(F)F)ccc1=O)N1CCC2(CC1)OCCO2. The number of rotatable bonds is 2. The van der Waals surface area contributed by atoms with Crippen LogP contribution in [0.4, 0.5) is 13.2 Å². The molecule has 0 bridgehead atoms. The van der Waals surface area contributed by atoms with Crippen molar-refractivity contribution in [2.24, 2.45) is 0 Å². The maximum absolute atomic E-state index is 12.7. The van der Waals surface area contributed by atoms with Gasteiger partial charge in [-0.15, -0.1) is 0 Å².